The molecule has 21 heavy (non-hydrogen) atoms. The Morgan fingerprint density at radius 1 is 1.24 bits per heavy atom. The predicted octanol–water partition coefficient (Wildman–Crippen LogP) is 4.68. The number of carbonyl (C=O) groups excluding carboxylic acids is 1. The minimum atomic E-state index is -2.97. The molecule has 0 amide bonds. The van der Waals surface area contributed by atoms with Crippen LogP contribution in [0.5, 0.6) is 5.75 Å². The van der Waals surface area contributed by atoms with Crippen molar-refractivity contribution >= 4 is 17.4 Å². The number of halogens is 3. The highest BCUT2D eigenvalue weighted by atomic mass is 35.5. The lowest BCUT2D eigenvalue weighted by Gasteiger charge is -2.10. The number of hydrogen-bond acceptors (Lipinski definition) is 2. The van der Waals surface area contributed by atoms with Crippen molar-refractivity contribution in [3.63, 3.8) is 0 Å². The van der Waals surface area contributed by atoms with Gasteiger partial charge in [0, 0.05) is 11.4 Å². The number of carbonyl (C=O) groups is 1. The number of benzene rings is 2. The summed E-state index contributed by atoms with van der Waals surface area (Å²) in [7, 11) is 0. The van der Waals surface area contributed by atoms with Crippen LogP contribution < -0.4 is 4.74 Å². The van der Waals surface area contributed by atoms with Crippen LogP contribution in [-0.2, 0) is 6.42 Å². The lowest BCUT2D eigenvalue weighted by Crippen LogP contribution is -2.10. The van der Waals surface area contributed by atoms with E-state index in [2.05, 4.69) is 4.74 Å². The molecule has 0 fully saturated rings. The van der Waals surface area contributed by atoms with E-state index in [4.69, 9.17) is 11.6 Å². The minimum absolute atomic E-state index is 0.0305. The van der Waals surface area contributed by atoms with Crippen LogP contribution >= 0.6 is 11.6 Å². The zero-order chi connectivity index (χ0) is 15.4. The smallest absolute Gasteiger partial charge is 0.387 e. The standard InChI is InChI=1S/C16H13ClF2O2/c1-10-6-7-11(13(17)8-10)9-14(20)12-4-2-3-5-15(12)21-16(18)19/h2-8,16H,9H2,1H3. The van der Waals surface area contributed by atoms with E-state index < -0.39 is 6.61 Å². The van der Waals surface area contributed by atoms with Gasteiger partial charge in [-0.3, -0.25) is 4.79 Å². The highest BCUT2D eigenvalue weighted by molar-refractivity contribution is 6.31. The second-order valence-corrected chi connectivity index (χ2v) is 4.98. The van der Waals surface area contributed by atoms with E-state index in [1.807, 2.05) is 13.0 Å². The zero-order valence-electron chi connectivity index (χ0n) is 11.3. The number of ether oxygens (including phenoxy) is 1. The molecule has 110 valence electrons. The molecule has 5 heteroatoms. The number of para-hydroxylation sites is 1. The molecule has 0 bridgehead atoms. The van der Waals surface area contributed by atoms with Crippen molar-refractivity contribution < 1.29 is 18.3 Å². The number of alkyl halides is 2. The summed E-state index contributed by atoms with van der Waals surface area (Å²) in [5, 5.41) is 0.482. The Bertz CT molecular complexity index is 656. The van der Waals surface area contributed by atoms with E-state index in [0.717, 1.165) is 5.56 Å². The third-order valence-electron chi connectivity index (χ3n) is 2.96. The fourth-order valence-corrected chi connectivity index (χ4v) is 2.26. The largest absolute Gasteiger partial charge is 0.434 e. The van der Waals surface area contributed by atoms with Crippen LogP contribution in [0, 0.1) is 6.92 Å². The molecule has 0 aromatic heterocycles. The molecule has 0 spiro atoms. The monoisotopic (exact) mass is 310 g/mol. The van der Waals surface area contributed by atoms with Crippen molar-refractivity contribution in [3.05, 3.63) is 64.2 Å². The van der Waals surface area contributed by atoms with Crippen molar-refractivity contribution in [1.82, 2.24) is 0 Å². The van der Waals surface area contributed by atoms with E-state index in [9.17, 15) is 13.6 Å². The van der Waals surface area contributed by atoms with E-state index in [1.54, 1.807) is 18.2 Å². The van der Waals surface area contributed by atoms with Gasteiger partial charge in [0.25, 0.3) is 0 Å². The van der Waals surface area contributed by atoms with Crippen molar-refractivity contribution in [2.45, 2.75) is 20.0 Å². The summed E-state index contributed by atoms with van der Waals surface area (Å²) in [6, 6.07) is 11.3. The van der Waals surface area contributed by atoms with Gasteiger partial charge in [-0.25, -0.2) is 0 Å². The van der Waals surface area contributed by atoms with Crippen LogP contribution in [0.15, 0.2) is 42.5 Å². The molecule has 0 unspecified atom stereocenters. The molecular formula is C16H13ClF2O2. The molecule has 0 aliphatic carbocycles. The van der Waals surface area contributed by atoms with Crippen molar-refractivity contribution in [2.24, 2.45) is 0 Å². The first-order valence-corrected chi connectivity index (χ1v) is 6.67. The molecular weight excluding hydrogens is 298 g/mol. The predicted molar refractivity (Wildman–Crippen MR) is 77.3 cm³/mol. The Morgan fingerprint density at radius 2 is 1.95 bits per heavy atom. The Kier molecular flexibility index (Phi) is 4.91. The first-order chi connectivity index (χ1) is 9.97. The molecule has 0 heterocycles. The summed E-state index contributed by atoms with van der Waals surface area (Å²) in [5.74, 6) is -0.447. The highest BCUT2D eigenvalue weighted by Gasteiger charge is 2.16. The van der Waals surface area contributed by atoms with Gasteiger partial charge in [0.05, 0.1) is 5.56 Å². The SMILES string of the molecule is Cc1ccc(CC(=O)c2ccccc2OC(F)F)c(Cl)c1. The number of Topliss-reactive ketones (excluding diaryl/α,β-unsaturated/α-hetero) is 1. The number of ketones is 1. The summed E-state index contributed by atoms with van der Waals surface area (Å²) >= 11 is 6.08. The molecule has 2 rings (SSSR count). The molecule has 2 aromatic carbocycles. The molecule has 0 aliphatic rings. The average Bonchev–Trinajstić information content (AvgIpc) is 2.42. The van der Waals surface area contributed by atoms with Crippen molar-refractivity contribution in [3.8, 4) is 5.75 Å². The fraction of sp³-hybridized carbons (Fsp3) is 0.188. The van der Waals surface area contributed by atoms with Crippen LogP contribution in [0.25, 0.3) is 0 Å². The summed E-state index contributed by atoms with van der Waals surface area (Å²) in [6.07, 6.45) is 0.0305. The van der Waals surface area contributed by atoms with E-state index >= 15 is 0 Å². The van der Waals surface area contributed by atoms with E-state index in [1.165, 1.54) is 18.2 Å². The second kappa shape index (κ2) is 6.68. The van der Waals surface area contributed by atoms with Crippen LogP contribution in [0.3, 0.4) is 0 Å². The first kappa shape index (κ1) is 15.4. The summed E-state index contributed by atoms with van der Waals surface area (Å²) in [4.78, 5) is 12.3. The maximum atomic E-state index is 12.3. The molecule has 0 aliphatic heterocycles. The number of rotatable bonds is 5. The molecule has 2 nitrogen and oxygen atoms in total. The molecule has 0 saturated carbocycles. The molecule has 0 N–H and O–H groups in total. The van der Waals surface area contributed by atoms with Gasteiger partial charge >= 0.3 is 6.61 Å². The molecule has 0 radical (unpaired) electrons. The zero-order valence-corrected chi connectivity index (χ0v) is 12.0. The Morgan fingerprint density at radius 3 is 2.62 bits per heavy atom. The minimum Gasteiger partial charge on any atom is -0.434 e. The second-order valence-electron chi connectivity index (χ2n) is 4.57. The van der Waals surface area contributed by atoms with Crippen LogP contribution in [-0.4, -0.2) is 12.4 Å². The quantitative estimate of drug-likeness (QED) is 0.750. The average molecular weight is 311 g/mol. The Balaban J connectivity index is 2.24. The number of hydrogen-bond donors (Lipinski definition) is 0. The molecule has 2 aromatic rings. The highest BCUT2D eigenvalue weighted by Crippen LogP contribution is 2.24. The molecule has 0 atom stereocenters. The van der Waals surface area contributed by atoms with Gasteiger partial charge in [0.15, 0.2) is 5.78 Å². The van der Waals surface area contributed by atoms with Crippen molar-refractivity contribution in [1.29, 1.82) is 0 Å². The van der Waals surface area contributed by atoms with Gasteiger partial charge in [-0.1, -0.05) is 35.9 Å². The lowest BCUT2D eigenvalue weighted by molar-refractivity contribution is -0.0501. The van der Waals surface area contributed by atoms with Crippen molar-refractivity contribution in [2.75, 3.05) is 0 Å². The fourth-order valence-electron chi connectivity index (χ4n) is 1.96. The Hall–Kier alpha value is -1.94. The summed E-state index contributed by atoms with van der Waals surface area (Å²) in [6.45, 7) is -1.08. The lowest BCUT2D eigenvalue weighted by atomic mass is 10.0. The summed E-state index contributed by atoms with van der Waals surface area (Å²) < 4.78 is 29.1. The van der Waals surface area contributed by atoms with Gasteiger partial charge in [-0.15, -0.1) is 0 Å². The first-order valence-electron chi connectivity index (χ1n) is 6.29. The summed E-state index contributed by atoms with van der Waals surface area (Å²) in [5.41, 5.74) is 1.76. The van der Waals surface area contributed by atoms with E-state index in [-0.39, 0.29) is 23.5 Å². The Labute approximate surface area is 126 Å². The van der Waals surface area contributed by atoms with Crippen LogP contribution in [0.1, 0.15) is 21.5 Å². The van der Waals surface area contributed by atoms with Gasteiger partial charge in [-0.05, 0) is 36.2 Å². The van der Waals surface area contributed by atoms with Gasteiger partial charge in [-0.2, -0.15) is 8.78 Å². The maximum absolute atomic E-state index is 12.3. The van der Waals surface area contributed by atoms with Crippen LogP contribution in [0.4, 0.5) is 8.78 Å². The van der Waals surface area contributed by atoms with Gasteiger partial charge in [0.2, 0.25) is 0 Å². The molecule has 0 saturated heterocycles. The maximum Gasteiger partial charge on any atom is 0.387 e. The van der Waals surface area contributed by atoms with Gasteiger partial charge in [0.1, 0.15) is 5.75 Å². The normalized spacial score (nSPS) is 10.7. The number of aryl methyl sites for hydroxylation is 1. The van der Waals surface area contributed by atoms with Gasteiger partial charge < -0.3 is 4.74 Å². The third-order valence-corrected chi connectivity index (χ3v) is 3.31. The topological polar surface area (TPSA) is 26.3 Å². The van der Waals surface area contributed by atoms with E-state index in [0.29, 0.717) is 10.6 Å². The van der Waals surface area contributed by atoms with Crippen LogP contribution in [0.2, 0.25) is 5.02 Å². The third kappa shape index (κ3) is 4.02.